The summed E-state index contributed by atoms with van der Waals surface area (Å²) in [6.45, 7) is 3.43. The molecule has 0 amide bonds. The molecule has 0 spiro atoms. The van der Waals surface area contributed by atoms with E-state index < -0.39 is 23.5 Å². The second kappa shape index (κ2) is 5.87. The van der Waals surface area contributed by atoms with Crippen LogP contribution in [0.4, 0.5) is 26.3 Å². The lowest BCUT2D eigenvalue weighted by Gasteiger charge is -2.37. The molecule has 0 N–H and O–H groups in total. The first-order valence-corrected chi connectivity index (χ1v) is 6.24. The minimum absolute atomic E-state index is 0.0241. The van der Waals surface area contributed by atoms with Crippen LogP contribution in [-0.2, 0) is 16.8 Å². The molecule has 0 aliphatic carbocycles. The Hall–Kier alpha value is -1.24. The number of alkyl halides is 6. The van der Waals surface area contributed by atoms with Gasteiger partial charge in [0.2, 0.25) is 0 Å². The van der Waals surface area contributed by atoms with Crippen molar-refractivity contribution in [1.29, 1.82) is 0 Å². The fourth-order valence-corrected chi connectivity index (χ4v) is 2.29. The van der Waals surface area contributed by atoms with Gasteiger partial charge in [-0.05, 0) is 17.9 Å². The van der Waals surface area contributed by atoms with Crippen LogP contribution in [0.3, 0.4) is 0 Å². The Labute approximate surface area is 118 Å². The highest BCUT2D eigenvalue weighted by atomic mass is 19.4. The van der Waals surface area contributed by atoms with Crippen molar-refractivity contribution >= 4 is 0 Å². The molecular formula is C14H16F6O. The van der Waals surface area contributed by atoms with E-state index in [2.05, 4.69) is 4.74 Å². The maximum absolute atomic E-state index is 13.2. The van der Waals surface area contributed by atoms with Crippen LogP contribution in [0, 0.1) is 5.92 Å². The van der Waals surface area contributed by atoms with Crippen molar-refractivity contribution in [3.63, 3.8) is 0 Å². The molecule has 0 atom stereocenters. The van der Waals surface area contributed by atoms with Gasteiger partial charge in [0, 0.05) is 12.7 Å². The van der Waals surface area contributed by atoms with E-state index in [9.17, 15) is 26.3 Å². The molecule has 1 nitrogen and oxygen atoms in total. The van der Waals surface area contributed by atoms with Gasteiger partial charge in [0.1, 0.15) is 0 Å². The highest BCUT2D eigenvalue weighted by molar-refractivity contribution is 5.36. The molecule has 0 aliphatic rings. The Kier molecular flexibility index (Phi) is 4.98. The van der Waals surface area contributed by atoms with E-state index in [0.29, 0.717) is 7.11 Å². The van der Waals surface area contributed by atoms with E-state index in [-0.39, 0.29) is 17.9 Å². The van der Waals surface area contributed by atoms with E-state index in [4.69, 9.17) is 0 Å². The lowest BCUT2D eigenvalue weighted by atomic mass is 9.85. The summed E-state index contributed by atoms with van der Waals surface area (Å²) in [6, 6.07) is 4.64. The second-order valence-corrected chi connectivity index (χ2v) is 5.14. The molecule has 0 saturated carbocycles. The zero-order valence-corrected chi connectivity index (χ0v) is 11.8. The average molecular weight is 314 g/mol. The third kappa shape index (κ3) is 3.17. The molecule has 1 aromatic rings. The van der Waals surface area contributed by atoms with Gasteiger partial charge in [0.25, 0.3) is 5.60 Å². The van der Waals surface area contributed by atoms with Crippen molar-refractivity contribution in [3.05, 3.63) is 35.4 Å². The van der Waals surface area contributed by atoms with Crippen molar-refractivity contribution in [3.8, 4) is 0 Å². The normalized spacial score (nSPS) is 13.8. The molecule has 120 valence electrons. The number of rotatable bonds is 4. The first-order valence-electron chi connectivity index (χ1n) is 6.24. The summed E-state index contributed by atoms with van der Waals surface area (Å²) in [6.07, 6.45) is -11.1. The first kappa shape index (κ1) is 17.8. The summed E-state index contributed by atoms with van der Waals surface area (Å²) in [5, 5.41) is 0. The minimum Gasteiger partial charge on any atom is -0.357 e. The topological polar surface area (TPSA) is 9.23 Å². The Balaban J connectivity index is 3.63. The van der Waals surface area contributed by atoms with Gasteiger partial charge < -0.3 is 4.74 Å². The van der Waals surface area contributed by atoms with Crippen LogP contribution in [-0.4, -0.2) is 19.5 Å². The zero-order valence-electron chi connectivity index (χ0n) is 11.8. The molecule has 0 unspecified atom stereocenters. The third-order valence-electron chi connectivity index (χ3n) is 3.13. The number of halogens is 6. The van der Waals surface area contributed by atoms with E-state index in [1.807, 2.05) is 0 Å². The predicted octanol–water partition coefficient (Wildman–Crippen LogP) is 4.85. The van der Waals surface area contributed by atoms with Crippen LogP contribution >= 0.6 is 0 Å². The van der Waals surface area contributed by atoms with Crippen LogP contribution < -0.4 is 0 Å². The SMILES string of the molecule is COC(c1ccccc1CC(C)C)(C(F)(F)F)C(F)(F)F. The Bertz CT molecular complexity index is 461. The summed E-state index contributed by atoms with van der Waals surface area (Å²) in [5.74, 6) is -0.0952. The molecule has 21 heavy (non-hydrogen) atoms. The molecular weight excluding hydrogens is 298 g/mol. The van der Waals surface area contributed by atoms with E-state index in [1.165, 1.54) is 12.1 Å². The van der Waals surface area contributed by atoms with E-state index in [0.717, 1.165) is 12.1 Å². The number of hydrogen-bond acceptors (Lipinski definition) is 1. The van der Waals surface area contributed by atoms with Crippen LogP contribution in [0.5, 0.6) is 0 Å². The maximum Gasteiger partial charge on any atom is 0.430 e. The molecule has 7 heteroatoms. The molecule has 1 rings (SSSR count). The molecule has 0 aliphatic heterocycles. The van der Waals surface area contributed by atoms with Crippen molar-refractivity contribution in [2.24, 2.45) is 5.92 Å². The van der Waals surface area contributed by atoms with Crippen LogP contribution in [0.15, 0.2) is 24.3 Å². The minimum atomic E-state index is -5.62. The number of hydrogen-bond donors (Lipinski definition) is 0. The predicted molar refractivity (Wildman–Crippen MR) is 65.8 cm³/mol. The Morgan fingerprint density at radius 2 is 1.43 bits per heavy atom. The second-order valence-electron chi connectivity index (χ2n) is 5.14. The van der Waals surface area contributed by atoms with Crippen molar-refractivity contribution in [2.45, 2.75) is 38.2 Å². The molecule has 0 saturated heterocycles. The maximum atomic E-state index is 13.2. The summed E-state index contributed by atoms with van der Waals surface area (Å²) in [4.78, 5) is 0. The van der Waals surface area contributed by atoms with Crippen molar-refractivity contribution in [2.75, 3.05) is 7.11 Å². The molecule has 0 radical (unpaired) electrons. The smallest absolute Gasteiger partial charge is 0.357 e. The molecule has 0 aromatic heterocycles. The van der Waals surface area contributed by atoms with Gasteiger partial charge in [0.15, 0.2) is 0 Å². The molecule has 0 fully saturated rings. The van der Waals surface area contributed by atoms with Gasteiger partial charge in [-0.15, -0.1) is 0 Å². The fraction of sp³-hybridized carbons (Fsp3) is 0.571. The largest absolute Gasteiger partial charge is 0.430 e. The average Bonchev–Trinajstić information content (AvgIpc) is 2.28. The van der Waals surface area contributed by atoms with E-state index >= 15 is 0 Å². The number of ether oxygens (including phenoxy) is 1. The van der Waals surface area contributed by atoms with Gasteiger partial charge >= 0.3 is 12.4 Å². The zero-order chi connectivity index (χ0) is 16.5. The third-order valence-corrected chi connectivity index (χ3v) is 3.13. The van der Waals surface area contributed by atoms with Crippen LogP contribution in [0.1, 0.15) is 25.0 Å². The van der Waals surface area contributed by atoms with Gasteiger partial charge in [-0.2, -0.15) is 26.3 Å². The van der Waals surface area contributed by atoms with Crippen LogP contribution in [0.25, 0.3) is 0 Å². The number of benzene rings is 1. The molecule has 0 heterocycles. The summed E-state index contributed by atoms with van der Waals surface area (Å²) < 4.78 is 83.4. The number of methoxy groups -OCH3 is 1. The highest BCUT2D eigenvalue weighted by Crippen LogP contribution is 2.53. The standard InChI is InChI=1S/C14H16F6O/c1-9(2)8-10-6-4-5-7-11(10)12(21-3,13(15,16)17)14(18,19)20/h4-7,9H,8H2,1-3H3. The monoisotopic (exact) mass is 314 g/mol. The molecule has 1 aromatic carbocycles. The Morgan fingerprint density at radius 3 is 1.81 bits per heavy atom. The summed E-state index contributed by atoms with van der Waals surface area (Å²) >= 11 is 0. The summed E-state index contributed by atoms with van der Waals surface area (Å²) in [7, 11) is 0.424. The lowest BCUT2D eigenvalue weighted by Crippen LogP contribution is -2.55. The quantitative estimate of drug-likeness (QED) is 0.722. The highest BCUT2D eigenvalue weighted by Gasteiger charge is 2.73. The Morgan fingerprint density at radius 1 is 0.952 bits per heavy atom. The van der Waals surface area contributed by atoms with Gasteiger partial charge in [0.05, 0.1) is 0 Å². The summed E-state index contributed by atoms with van der Waals surface area (Å²) in [5.41, 5.74) is -5.24. The van der Waals surface area contributed by atoms with Crippen LogP contribution in [0.2, 0.25) is 0 Å². The fourth-order valence-electron chi connectivity index (χ4n) is 2.29. The van der Waals surface area contributed by atoms with E-state index in [1.54, 1.807) is 13.8 Å². The first-order chi connectivity index (χ1) is 9.47. The molecule has 0 bridgehead atoms. The van der Waals surface area contributed by atoms with Gasteiger partial charge in [-0.25, -0.2) is 0 Å². The van der Waals surface area contributed by atoms with Crippen molar-refractivity contribution in [1.82, 2.24) is 0 Å². The van der Waals surface area contributed by atoms with Gasteiger partial charge in [-0.1, -0.05) is 38.1 Å². The lowest BCUT2D eigenvalue weighted by molar-refractivity contribution is -0.383. The van der Waals surface area contributed by atoms with Crippen molar-refractivity contribution < 1.29 is 31.1 Å². The van der Waals surface area contributed by atoms with Gasteiger partial charge in [-0.3, -0.25) is 0 Å².